The maximum absolute atomic E-state index is 11.1. The molecule has 0 bridgehead atoms. The van der Waals surface area contributed by atoms with E-state index >= 15 is 0 Å². The van der Waals surface area contributed by atoms with Gasteiger partial charge in [0.1, 0.15) is 5.82 Å². The number of rotatable bonds is 4. The van der Waals surface area contributed by atoms with E-state index in [0.29, 0.717) is 5.82 Å². The first-order valence-electron chi connectivity index (χ1n) is 6.89. The zero-order valence-electron chi connectivity index (χ0n) is 11.2. The van der Waals surface area contributed by atoms with Crippen LogP contribution >= 0.6 is 0 Å². The topological polar surface area (TPSA) is 75.1 Å². The van der Waals surface area contributed by atoms with Crippen molar-refractivity contribution in [2.24, 2.45) is 0 Å². The van der Waals surface area contributed by atoms with E-state index in [1.165, 1.54) is 0 Å². The van der Waals surface area contributed by atoms with Crippen molar-refractivity contribution in [1.82, 2.24) is 9.97 Å². The monoisotopic (exact) mass is 271 g/mol. The summed E-state index contributed by atoms with van der Waals surface area (Å²) in [7, 11) is 0. The van der Waals surface area contributed by atoms with Gasteiger partial charge in [-0.1, -0.05) is 25.0 Å². The first-order valence-corrected chi connectivity index (χ1v) is 6.89. The summed E-state index contributed by atoms with van der Waals surface area (Å²) in [5, 5.41) is 12.4. The molecule has 1 aromatic carbocycles. The van der Waals surface area contributed by atoms with Gasteiger partial charge in [-0.3, -0.25) is 9.78 Å². The van der Waals surface area contributed by atoms with Crippen LogP contribution in [-0.4, -0.2) is 26.6 Å². The summed E-state index contributed by atoms with van der Waals surface area (Å²) in [6.45, 7) is 0. The minimum atomic E-state index is -0.770. The van der Waals surface area contributed by atoms with Gasteiger partial charge in [-0.2, -0.15) is 0 Å². The smallest absolute Gasteiger partial charge is 0.305 e. The second-order valence-corrected chi connectivity index (χ2v) is 5.43. The van der Waals surface area contributed by atoms with Gasteiger partial charge >= 0.3 is 5.97 Å². The van der Waals surface area contributed by atoms with Gasteiger partial charge in [0.05, 0.1) is 23.7 Å². The molecule has 5 heteroatoms. The van der Waals surface area contributed by atoms with Crippen LogP contribution in [0.2, 0.25) is 0 Å². The SMILES string of the molecule is O=C(O)CC1(Nc2cnc3ccccc3n2)CCCC1. The van der Waals surface area contributed by atoms with Crippen LogP contribution in [0.3, 0.4) is 0 Å². The lowest BCUT2D eigenvalue weighted by Gasteiger charge is -2.29. The number of para-hydroxylation sites is 2. The van der Waals surface area contributed by atoms with Crippen LogP contribution in [0.15, 0.2) is 30.5 Å². The van der Waals surface area contributed by atoms with E-state index in [0.717, 1.165) is 36.7 Å². The van der Waals surface area contributed by atoms with Crippen LogP contribution in [0.1, 0.15) is 32.1 Å². The van der Waals surface area contributed by atoms with Gasteiger partial charge in [-0.15, -0.1) is 0 Å². The van der Waals surface area contributed by atoms with E-state index in [-0.39, 0.29) is 12.0 Å². The molecule has 0 aliphatic heterocycles. The summed E-state index contributed by atoms with van der Waals surface area (Å²) in [5.74, 6) is -0.111. The van der Waals surface area contributed by atoms with E-state index in [2.05, 4.69) is 15.3 Å². The number of aliphatic carboxylic acids is 1. The summed E-state index contributed by atoms with van der Waals surface area (Å²) in [6.07, 6.45) is 5.66. The molecule has 1 aromatic heterocycles. The molecule has 0 saturated heterocycles. The highest BCUT2D eigenvalue weighted by atomic mass is 16.4. The number of fused-ring (bicyclic) bond motifs is 1. The maximum atomic E-state index is 11.1. The molecule has 0 spiro atoms. The van der Waals surface area contributed by atoms with Crippen LogP contribution in [-0.2, 0) is 4.79 Å². The molecule has 0 atom stereocenters. The third-order valence-corrected chi connectivity index (χ3v) is 3.89. The molecule has 104 valence electrons. The molecule has 5 nitrogen and oxygen atoms in total. The summed E-state index contributed by atoms with van der Waals surface area (Å²) in [4.78, 5) is 20.0. The lowest BCUT2D eigenvalue weighted by atomic mass is 9.93. The molecule has 0 unspecified atom stereocenters. The molecule has 3 rings (SSSR count). The Morgan fingerprint density at radius 1 is 1.25 bits per heavy atom. The second-order valence-electron chi connectivity index (χ2n) is 5.43. The van der Waals surface area contributed by atoms with Crippen LogP contribution in [0.5, 0.6) is 0 Å². The van der Waals surface area contributed by atoms with Gasteiger partial charge in [0.15, 0.2) is 0 Å². The highest BCUT2D eigenvalue weighted by molar-refractivity contribution is 5.75. The number of carboxylic acid groups (broad SMARTS) is 1. The zero-order chi connectivity index (χ0) is 14.0. The highest BCUT2D eigenvalue weighted by Crippen LogP contribution is 2.35. The minimum Gasteiger partial charge on any atom is -0.481 e. The molecule has 2 N–H and O–H groups in total. The van der Waals surface area contributed by atoms with E-state index in [4.69, 9.17) is 5.11 Å². The fourth-order valence-corrected chi connectivity index (χ4v) is 2.98. The molecule has 2 aromatic rings. The Morgan fingerprint density at radius 2 is 1.95 bits per heavy atom. The lowest BCUT2D eigenvalue weighted by Crippen LogP contribution is -2.37. The van der Waals surface area contributed by atoms with Gasteiger partial charge in [-0.05, 0) is 25.0 Å². The van der Waals surface area contributed by atoms with Crippen molar-refractivity contribution in [2.75, 3.05) is 5.32 Å². The molecule has 1 fully saturated rings. The number of nitrogens with one attached hydrogen (secondary N) is 1. The number of benzene rings is 1. The van der Waals surface area contributed by atoms with Gasteiger partial charge < -0.3 is 10.4 Å². The van der Waals surface area contributed by atoms with Crippen LogP contribution in [0.25, 0.3) is 11.0 Å². The number of carboxylic acids is 1. The normalized spacial score (nSPS) is 17.2. The minimum absolute atomic E-state index is 0.126. The molecule has 1 saturated carbocycles. The molecule has 0 radical (unpaired) electrons. The van der Waals surface area contributed by atoms with E-state index < -0.39 is 5.97 Å². The summed E-state index contributed by atoms with van der Waals surface area (Å²) in [6, 6.07) is 7.66. The van der Waals surface area contributed by atoms with Crippen LogP contribution in [0.4, 0.5) is 5.82 Å². The van der Waals surface area contributed by atoms with Crippen LogP contribution in [0, 0.1) is 0 Å². The second kappa shape index (κ2) is 5.07. The number of carbonyl (C=O) groups is 1. The third kappa shape index (κ3) is 2.57. The first-order chi connectivity index (χ1) is 9.67. The van der Waals surface area contributed by atoms with Gasteiger partial charge in [-0.25, -0.2) is 4.98 Å². The fraction of sp³-hybridized carbons (Fsp3) is 0.400. The molecule has 1 aliphatic rings. The third-order valence-electron chi connectivity index (χ3n) is 3.89. The van der Waals surface area contributed by atoms with Crippen molar-refractivity contribution in [2.45, 2.75) is 37.6 Å². The number of anilines is 1. The Kier molecular flexibility index (Phi) is 3.26. The lowest BCUT2D eigenvalue weighted by molar-refractivity contribution is -0.138. The quantitative estimate of drug-likeness (QED) is 0.894. The Labute approximate surface area is 117 Å². The molecule has 0 amide bonds. The summed E-state index contributed by atoms with van der Waals surface area (Å²) < 4.78 is 0. The summed E-state index contributed by atoms with van der Waals surface area (Å²) >= 11 is 0. The van der Waals surface area contributed by atoms with Crippen molar-refractivity contribution < 1.29 is 9.90 Å². The van der Waals surface area contributed by atoms with Gasteiger partial charge in [0.25, 0.3) is 0 Å². The predicted octanol–water partition coefficient (Wildman–Crippen LogP) is 2.83. The largest absolute Gasteiger partial charge is 0.481 e. The Morgan fingerprint density at radius 3 is 2.65 bits per heavy atom. The Bertz CT molecular complexity index is 636. The van der Waals surface area contributed by atoms with Crippen molar-refractivity contribution in [1.29, 1.82) is 0 Å². The predicted molar refractivity (Wildman–Crippen MR) is 76.6 cm³/mol. The Hall–Kier alpha value is -2.17. The van der Waals surface area contributed by atoms with Gasteiger partial charge in [0, 0.05) is 5.54 Å². The highest BCUT2D eigenvalue weighted by Gasteiger charge is 2.36. The molecule has 1 aliphatic carbocycles. The van der Waals surface area contributed by atoms with Gasteiger partial charge in [0.2, 0.25) is 0 Å². The maximum Gasteiger partial charge on any atom is 0.305 e. The number of nitrogens with zero attached hydrogens (tertiary/aromatic N) is 2. The van der Waals surface area contributed by atoms with Crippen molar-refractivity contribution >= 4 is 22.8 Å². The van der Waals surface area contributed by atoms with E-state index in [1.807, 2.05) is 24.3 Å². The molecule has 20 heavy (non-hydrogen) atoms. The molecule has 1 heterocycles. The number of hydrogen-bond acceptors (Lipinski definition) is 4. The van der Waals surface area contributed by atoms with E-state index in [1.54, 1.807) is 6.20 Å². The summed E-state index contributed by atoms with van der Waals surface area (Å²) in [5.41, 5.74) is 1.29. The van der Waals surface area contributed by atoms with Crippen molar-refractivity contribution in [3.8, 4) is 0 Å². The average Bonchev–Trinajstić information content (AvgIpc) is 2.86. The fourth-order valence-electron chi connectivity index (χ4n) is 2.98. The Balaban J connectivity index is 1.88. The zero-order valence-corrected chi connectivity index (χ0v) is 11.2. The van der Waals surface area contributed by atoms with Crippen molar-refractivity contribution in [3.05, 3.63) is 30.5 Å². The van der Waals surface area contributed by atoms with E-state index in [9.17, 15) is 4.79 Å². The molecular weight excluding hydrogens is 254 g/mol. The first kappa shape index (κ1) is 12.8. The number of aromatic nitrogens is 2. The van der Waals surface area contributed by atoms with Crippen LogP contribution < -0.4 is 5.32 Å². The van der Waals surface area contributed by atoms with Crippen molar-refractivity contribution in [3.63, 3.8) is 0 Å². The molecular formula is C15H17N3O2. The standard InChI is InChI=1S/C15H17N3O2/c19-14(20)9-15(7-3-4-8-15)18-13-10-16-11-5-1-2-6-12(11)17-13/h1-2,5-6,10H,3-4,7-9H2,(H,17,18)(H,19,20). The average molecular weight is 271 g/mol. The number of hydrogen-bond donors (Lipinski definition) is 2.